The zero-order chi connectivity index (χ0) is 18.9. The molecule has 4 aromatic rings. The molecule has 0 radical (unpaired) electrons. The molecule has 2 aromatic carbocycles. The van der Waals surface area contributed by atoms with E-state index in [4.69, 9.17) is 0 Å². The predicted molar refractivity (Wildman–Crippen MR) is 107 cm³/mol. The number of hydrogen-bond donors (Lipinski definition) is 3. The molecule has 0 aliphatic carbocycles. The Balaban J connectivity index is 1.24. The van der Waals surface area contributed by atoms with Gasteiger partial charge in [0.2, 0.25) is 0 Å². The van der Waals surface area contributed by atoms with Crippen molar-refractivity contribution in [2.45, 2.75) is 19.3 Å². The Morgan fingerprint density at radius 1 is 1.14 bits per heavy atom. The highest BCUT2D eigenvalue weighted by molar-refractivity contribution is 5.91. The van der Waals surface area contributed by atoms with Crippen LogP contribution in [0.15, 0.2) is 42.5 Å². The van der Waals surface area contributed by atoms with Gasteiger partial charge in [-0.2, -0.15) is 15.4 Å². The smallest absolute Gasteiger partial charge is 0.321 e. The number of carbonyl (C=O) groups excluding carboxylic acids is 1. The number of rotatable bonds is 3. The highest BCUT2D eigenvalue weighted by Crippen LogP contribution is 2.22. The van der Waals surface area contributed by atoms with E-state index < -0.39 is 0 Å². The molecule has 0 saturated carbocycles. The van der Waals surface area contributed by atoms with E-state index in [9.17, 15) is 4.79 Å². The summed E-state index contributed by atoms with van der Waals surface area (Å²) in [5.74, 6) is 1.39. The molecular formula is C20H21N7O. The van der Waals surface area contributed by atoms with Crippen LogP contribution < -0.4 is 5.32 Å². The van der Waals surface area contributed by atoms with Crippen LogP contribution in [-0.4, -0.2) is 49.4 Å². The van der Waals surface area contributed by atoms with Crippen molar-refractivity contribution in [3.05, 3.63) is 48.3 Å². The first-order valence-corrected chi connectivity index (χ1v) is 9.55. The third-order valence-corrected chi connectivity index (χ3v) is 5.29. The first kappa shape index (κ1) is 16.7. The second kappa shape index (κ2) is 6.95. The molecule has 8 nitrogen and oxygen atoms in total. The molecule has 3 N–H and O–H groups in total. The highest BCUT2D eigenvalue weighted by atomic mass is 16.2. The van der Waals surface area contributed by atoms with Crippen LogP contribution in [0.25, 0.3) is 22.1 Å². The zero-order valence-corrected chi connectivity index (χ0v) is 15.4. The lowest BCUT2D eigenvalue weighted by atomic mass is 9.95. The van der Waals surface area contributed by atoms with Gasteiger partial charge in [0.05, 0.1) is 11.0 Å². The van der Waals surface area contributed by atoms with Gasteiger partial charge in [0.15, 0.2) is 0 Å². The summed E-state index contributed by atoms with van der Waals surface area (Å²) >= 11 is 0. The van der Waals surface area contributed by atoms with Gasteiger partial charge in [-0.3, -0.25) is 0 Å². The highest BCUT2D eigenvalue weighted by Gasteiger charge is 2.25. The van der Waals surface area contributed by atoms with Crippen molar-refractivity contribution in [3.63, 3.8) is 0 Å². The topological polar surface area (TPSA) is 103 Å². The molecule has 1 saturated heterocycles. The number of para-hydroxylation sites is 2. The van der Waals surface area contributed by atoms with Gasteiger partial charge in [0.1, 0.15) is 16.9 Å². The Morgan fingerprint density at radius 2 is 2.04 bits per heavy atom. The number of amides is 2. The van der Waals surface area contributed by atoms with Crippen molar-refractivity contribution in [2.24, 2.45) is 5.92 Å². The molecule has 2 amide bonds. The van der Waals surface area contributed by atoms with E-state index in [1.807, 2.05) is 47.4 Å². The minimum Gasteiger partial charge on any atom is -0.342 e. The van der Waals surface area contributed by atoms with Crippen LogP contribution in [0.4, 0.5) is 10.5 Å². The largest absolute Gasteiger partial charge is 0.342 e. The average molecular weight is 375 g/mol. The maximum atomic E-state index is 12.7. The standard InChI is InChI=1S/C20H21N7O/c28-20(21-14-7-8-17-18(11-14)25-26-24-17)27-9-3-4-13(12-27)10-19-22-15-5-1-2-6-16(15)23-19/h1-2,5-8,11,13H,3-4,9-10,12H2,(H,21,28)(H,22,23)(H,24,25,26). The number of H-pyrrole nitrogens is 2. The number of fused-ring (bicyclic) bond motifs is 2. The van der Waals surface area contributed by atoms with Crippen LogP contribution in [-0.2, 0) is 6.42 Å². The monoisotopic (exact) mass is 375 g/mol. The van der Waals surface area contributed by atoms with E-state index >= 15 is 0 Å². The predicted octanol–water partition coefficient (Wildman–Crippen LogP) is 3.32. The maximum absolute atomic E-state index is 12.7. The van der Waals surface area contributed by atoms with Crippen molar-refractivity contribution in [3.8, 4) is 0 Å². The van der Waals surface area contributed by atoms with Gasteiger partial charge in [0.25, 0.3) is 0 Å². The van der Waals surface area contributed by atoms with E-state index in [1.54, 1.807) is 0 Å². The van der Waals surface area contributed by atoms with Gasteiger partial charge in [-0.15, -0.1) is 0 Å². The van der Waals surface area contributed by atoms with Crippen molar-refractivity contribution in [1.82, 2.24) is 30.3 Å². The Labute approximate surface area is 161 Å². The Morgan fingerprint density at radius 3 is 2.96 bits per heavy atom. The molecule has 1 atom stereocenters. The van der Waals surface area contributed by atoms with Gasteiger partial charge >= 0.3 is 6.03 Å². The molecule has 2 aromatic heterocycles. The second-order valence-electron chi connectivity index (χ2n) is 7.32. The first-order chi connectivity index (χ1) is 13.7. The zero-order valence-electron chi connectivity index (χ0n) is 15.4. The van der Waals surface area contributed by atoms with Crippen LogP contribution >= 0.6 is 0 Å². The normalized spacial score (nSPS) is 17.3. The molecule has 1 aliphatic rings. The third-order valence-electron chi connectivity index (χ3n) is 5.29. The number of nitrogens with one attached hydrogen (secondary N) is 3. The van der Waals surface area contributed by atoms with Gasteiger partial charge in [-0.05, 0) is 49.1 Å². The van der Waals surface area contributed by atoms with Crippen LogP contribution in [0.2, 0.25) is 0 Å². The number of carbonyl (C=O) groups is 1. The van der Waals surface area contributed by atoms with Gasteiger partial charge in [0, 0.05) is 25.2 Å². The molecule has 3 heterocycles. The lowest BCUT2D eigenvalue weighted by Crippen LogP contribution is -2.42. The van der Waals surface area contributed by atoms with Crippen LogP contribution in [0.1, 0.15) is 18.7 Å². The number of nitrogens with zero attached hydrogens (tertiary/aromatic N) is 4. The van der Waals surface area contributed by atoms with E-state index in [1.165, 1.54) is 0 Å². The van der Waals surface area contributed by atoms with E-state index in [-0.39, 0.29) is 6.03 Å². The number of hydrogen-bond acceptors (Lipinski definition) is 4. The summed E-state index contributed by atoms with van der Waals surface area (Å²) in [4.78, 5) is 22.7. The average Bonchev–Trinajstić information content (AvgIpc) is 3.33. The summed E-state index contributed by atoms with van der Waals surface area (Å²) in [7, 11) is 0. The molecule has 5 rings (SSSR count). The molecule has 142 valence electrons. The number of urea groups is 1. The molecular weight excluding hydrogens is 354 g/mol. The number of imidazole rings is 1. The summed E-state index contributed by atoms with van der Waals surface area (Å²) in [6, 6.07) is 13.5. The van der Waals surface area contributed by atoms with Crippen molar-refractivity contribution >= 4 is 33.8 Å². The third kappa shape index (κ3) is 3.28. The summed E-state index contributed by atoms with van der Waals surface area (Å²) in [6.45, 7) is 1.50. The summed E-state index contributed by atoms with van der Waals surface area (Å²) in [6.07, 6.45) is 2.95. The van der Waals surface area contributed by atoms with E-state index in [0.717, 1.165) is 65.9 Å². The quantitative estimate of drug-likeness (QED) is 0.511. The number of likely N-dealkylation sites (tertiary alicyclic amines) is 1. The number of anilines is 1. The fourth-order valence-corrected chi connectivity index (χ4v) is 3.91. The Kier molecular flexibility index (Phi) is 4.16. The lowest BCUT2D eigenvalue weighted by molar-refractivity contribution is 0.176. The Bertz CT molecular complexity index is 1100. The van der Waals surface area contributed by atoms with Gasteiger partial charge in [-0.1, -0.05) is 12.1 Å². The fraction of sp³-hybridized carbons (Fsp3) is 0.300. The Hall–Kier alpha value is -3.42. The number of benzene rings is 2. The minimum absolute atomic E-state index is 0.0721. The SMILES string of the molecule is O=C(Nc1ccc2n[nH]nc2c1)N1CCCC(Cc2nc3ccccc3[nH]2)C1. The van der Waals surface area contributed by atoms with Crippen molar-refractivity contribution < 1.29 is 4.79 Å². The summed E-state index contributed by atoms with van der Waals surface area (Å²) in [5, 5.41) is 13.7. The van der Waals surface area contributed by atoms with Crippen LogP contribution in [0.3, 0.4) is 0 Å². The molecule has 1 fully saturated rings. The fourth-order valence-electron chi connectivity index (χ4n) is 3.91. The van der Waals surface area contributed by atoms with Gasteiger partial charge < -0.3 is 15.2 Å². The lowest BCUT2D eigenvalue weighted by Gasteiger charge is -2.32. The van der Waals surface area contributed by atoms with Crippen LogP contribution in [0, 0.1) is 5.92 Å². The minimum atomic E-state index is -0.0721. The second-order valence-corrected chi connectivity index (χ2v) is 7.32. The van der Waals surface area contributed by atoms with Gasteiger partial charge in [-0.25, -0.2) is 9.78 Å². The van der Waals surface area contributed by atoms with Crippen LogP contribution in [0.5, 0.6) is 0 Å². The first-order valence-electron chi connectivity index (χ1n) is 9.55. The van der Waals surface area contributed by atoms with E-state index in [0.29, 0.717) is 5.92 Å². The van der Waals surface area contributed by atoms with Crippen molar-refractivity contribution in [2.75, 3.05) is 18.4 Å². The molecule has 28 heavy (non-hydrogen) atoms. The molecule has 0 bridgehead atoms. The van der Waals surface area contributed by atoms with Crippen molar-refractivity contribution in [1.29, 1.82) is 0 Å². The van der Waals surface area contributed by atoms with E-state index in [2.05, 4.69) is 30.7 Å². The summed E-state index contributed by atoms with van der Waals surface area (Å²) in [5.41, 5.74) is 4.30. The number of piperidine rings is 1. The molecule has 1 aliphatic heterocycles. The summed E-state index contributed by atoms with van der Waals surface area (Å²) < 4.78 is 0. The molecule has 8 heteroatoms. The molecule has 1 unspecified atom stereocenters. The number of aromatic amines is 2. The molecule has 0 spiro atoms. The number of aromatic nitrogens is 5. The maximum Gasteiger partial charge on any atom is 0.321 e.